The third kappa shape index (κ3) is 4.24. The minimum atomic E-state index is -0.536. The van der Waals surface area contributed by atoms with Crippen molar-refractivity contribution in [2.24, 2.45) is 0 Å². The van der Waals surface area contributed by atoms with Gasteiger partial charge in [-0.05, 0) is 24.3 Å². The Bertz CT molecular complexity index is 1020. The van der Waals surface area contributed by atoms with Crippen molar-refractivity contribution < 1.29 is 14.0 Å². The van der Waals surface area contributed by atoms with Crippen LogP contribution in [0.4, 0.5) is 14.3 Å². The summed E-state index contributed by atoms with van der Waals surface area (Å²) in [4.78, 5) is 36.7. The Morgan fingerprint density at radius 3 is 2.52 bits per heavy atom. The van der Waals surface area contributed by atoms with Gasteiger partial charge in [0.15, 0.2) is 5.13 Å². The minimum absolute atomic E-state index is 0.0520. The molecule has 1 aliphatic rings. The monoisotopic (exact) mass is 411 g/mol. The van der Waals surface area contributed by atoms with Crippen molar-refractivity contribution in [2.75, 3.05) is 31.5 Å². The first-order valence-corrected chi connectivity index (χ1v) is 9.95. The van der Waals surface area contributed by atoms with E-state index in [-0.39, 0.29) is 17.5 Å². The van der Waals surface area contributed by atoms with E-state index in [4.69, 9.17) is 0 Å². The minimum Gasteiger partial charge on any atom is -0.335 e. The molecular formula is C20H18FN5O2S. The van der Waals surface area contributed by atoms with Crippen LogP contribution in [0.3, 0.4) is 0 Å². The van der Waals surface area contributed by atoms with Crippen molar-refractivity contribution >= 4 is 28.4 Å². The van der Waals surface area contributed by atoms with E-state index in [2.05, 4.69) is 15.3 Å². The molecule has 1 saturated heterocycles. The molecule has 2 aromatic heterocycles. The number of carbonyl (C=O) groups is 2. The molecular weight excluding hydrogens is 393 g/mol. The van der Waals surface area contributed by atoms with E-state index in [1.807, 2.05) is 17.5 Å². The molecule has 4 rings (SSSR count). The highest BCUT2D eigenvalue weighted by Crippen LogP contribution is 2.24. The maximum Gasteiger partial charge on any atom is 0.323 e. The van der Waals surface area contributed by atoms with Crippen LogP contribution in [-0.2, 0) is 0 Å². The Morgan fingerprint density at radius 2 is 1.79 bits per heavy atom. The number of nitrogens with zero attached hydrogens (tertiary/aromatic N) is 4. The van der Waals surface area contributed by atoms with Crippen molar-refractivity contribution in [3.8, 4) is 11.3 Å². The van der Waals surface area contributed by atoms with Gasteiger partial charge in [0.2, 0.25) is 0 Å². The van der Waals surface area contributed by atoms with Gasteiger partial charge in [0, 0.05) is 49.5 Å². The third-order valence-electron chi connectivity index (χ3n) is 4.63. The number of urea groups is 1. The molecule has 1 aliphatic heterocycles. The molecule has 0 unspecified atom stereocenters. The number of halogens is 1. The van der Waals surface area contributed by atoms with Crippen LogP contribution in [0.25, 0.3) is 11.3 Å². The Kier molecular flexibility index (Phi) is 5.48. The van der Waals surface area contributed by atoms with Crippen LogP contribution in [0, 0.1) is 5.82 Å². The molecule has 0 atom stereocenters. The SMILES string of the molecule is O=C(Nc1nc(-c2cccnc2)cs1)N1CCN(C(=O)c2ccccc2F)CC1. The summed E-state index contributed by atoms with van der Waals surface area (Å²) >= 11 is 1.34. The summed E-state index contributed by atoms with van der Waals surface area (Å²) in [6.45, 7) is 1.43. The van der Waals surface area contributed by atoms with Crippen molar-refractivity contribution in [3.63, 3.8) is 0 Å². The lowest BCUT2D eigenvalue weighted by molar-refractivity contribution is 0.0667. The highest BCUT2D eigenvalue weighted by atomic mass is 32.1. The van der Waals surface area contributed by atoms with Crippen molar-refractivity contribution in [3.05, 3.63) is 65.6 Å². The normalized spacial score (nSPS) is 14.0. The number of benzene rings is 1. The molecule has 0 bridgehead atoms. The first-order chi connectivity index (χ1) is 14.1. The molecule has 3 aromatic rings. The largest absolute Gasteiger partial charge is 0.335 e. The molecule has 29 heavy (non-hydrogen) atoms. The van der Waals surface area contributed by atoms with Crippen molar-refractivity contribution in [1.29, 1.82) is 0 Å². The second-order valence-electron chi connectivity index (χ2n) is 6.47. The van der Waals surface area contributed by atoms with Gasteiger partial charge in [-0.1, -0.05) is 12.1 Å². The molecule has 0 radical (unpaired) electrons. The van der Waals surface area contributed by atoms with Gasteiger partial charge in [-0.15, -0.1) is 11.3 Å². The van der Waals surface area contributed by atoms with Crippen LogP contribution in [0.15, 0.2) is 54.2 Å². The van der Waals surface area contributed by atoms with Gasteiger partial charge in [-0.2, -0.15) is 0 Å². The fourth-order valence-electron chi connectivity index (χ4n) is 3.07. The van der Waals surface area contributed by atoms with E-state index < -0.39 is 5.82 Å². The molecule has 0 spiro atoms. The number of hydrogen-bond donors (Lipinski definition) is 1. The number of piperazine rings is 1. The molecule has 1 N–H and O–H groups in total. The second kappa shape index (κ2) is 8.36. The van der Waals surface area contributed by atoms with E-state index in [0.717, 1.165) is 11.3 Å². The number of nitrogens with one attached hydrogen (secondary N) is 1. The number of anilines is 1. The lowest BCUT2D eigenvalue weighted by Crippen LogP contribution is -2.51. The lowest BCUT2D eigenvalue weighted by Gasteiger charge is -2.34. The average molecular weight is 411 g/mol. The quantitative estimate of drug-likeness (QED) is 0.717. The fraction of sp³-hybridized carbons (Fsp3) is 0.200. The van der Waals surface area contributed by atoms with Crippen LogP contribution >= 0.6 is 11.3 Å². The Morgan fingerprint density at radius 1 is 1.03 bits per heavy atom. The van der Waals surface area contributed by atoms with Crippen LogP contribution in [0.5, 0.6) is 0 Å². The van der Waals surface area contributed by atoms with Gasteiger partial charge in [0.05, 0.1) is 11.3 Å². The molecule has 9 heteroatoms. The van der Waals surface area contributed by atoms with E-state index in [1.54, 1.807) is 34.3 Å². The molecule has 0 aliphatic carbocycles. The molecule has 148 valence electrons. The van der Waals surface area contributed by atoms with Crippen molar-refractivity contribution in [2.45, 2.75) is 0 Å². The molecule has 3 amide bonds. The number of pyridine rings is 1. The van der Waals surface area contributed by atoms with Crippen LogP contribution in [0.2, 0.25) is 0 Å². The van der Waals surface area contributed by atoms with Crippen molar-refractivity contribution in [1.82, 2.24) is 19.8 Å². The Labute approximate surface area is 170 Å². The number of aromatic nitrogens is 2. The summed E-state index contributed by atoms with van der Waals surface area (Å²) in [6.07, 6.45) is 3.40. The number of thiazole rings is 1. The molecule has 7 nitrogen and oxygen atoms in total. The zero-order chi connectivity index (χ0) is 20.2. The average Bonchev–Trinajstić information content (AvgIpc) is 3.23. The number of carbonyl (C=O) groups excluding carboxylic acids is 2. The van der Waals surface area contributed by atoms with Gasteiger partial charge in [0.1, 0.15) is 5.82 Å². The zero-order valence-corrected chi connectivity index (χ0v) is 16.2. The van der Waals surface area contributed by atoms with Gasteiger partial charge < -0.3 is 9.80 Å². The summed E-state index contributed by atoms with van der Waals surface area (Å²) in [7, 11) is 0. The molecule has 3 heterocycles. The first-order valence-electron chi connectivity index (χ1n) is 9.07. The van der Waals surface area contributed by atoms with Gasteiger partial charge >= 0.3 is 6.03 Å². The summed E-state index contributed by atoms with van der Waals surface area (Å²) in [5.41, 5.74) is 1.68. The van der Waals surface area contributed by atoms with E-state index in [9.17, 15) is 14.0 Å². The van der Waals surface area contributed by atoms with Crippen LogP contribution < -0.4 is 5.32 Å². The van der Waals surface area contributed by atoms with Gasteiger partial charge in [-0.25, -0.2) is 14.2 Å². The summed E-state index contributed by atoms with van der Waals surface area (Å²) in [5, 5.41) is 5.15. The number of hydrogen-bond acceptors (Lipinski definition) is 5. The van der Waals surface area contributed by atoms with Crippen LogP contribution in [0.1, 0.15) is 10.4 Å². The molecule has 1 fully saturated rings. The van der Waals surface area contributed by atoms with Gasteiger partial charge in [0.25, 0.3) is 5.91 Å². The fourth-order valence-corrected chi connectivity index (χ4v) is 3.78. The second-order valence-corrected chi connectivity index (χ2v) is 7.33. The maximum atomic E-state index is 13.8. The van der Waals surface area contributed by atoms with E-state index >= 15 is 0 Å². The standard InChI is InChI=1S/C20H18FN5O2S/c21-16-6-2-1-5-15(16)18(27)25-8-10-26(11-9-25)20(28)24-19-23-17(13-29-19)14-4-3-7-22-12-14/h1-7,12-13H,8-11H2,(H,23,24,28). The summed E-state index contributed by atoms with van der Waals surface area (Å²) < 4.78 is 13.8. The van der Waals surface area contributed by atoms with Gasteiger partial charge in [-0.3, -0.25) is 15.1 Å². The number of rotatable bonds is 3. The lowest BCUT2D eigenvalue weighted by atomic mass is 10.1. The summed E-state index contributed by atoms with van der Waals surface area (Å²) in [6, 6.07) is 9.38. The highest BCUT2D eigenvalue weighted by molar-refractivity contribution is 7.14. The smallest absolute Gasteiger partial charge is 0.323 e. The topological polar surface area (TPSA) is 78.4 Å². The maximum absolute atomic E-state index is 13.8. The zero-order valence-electron chi connectivity index (χ0n) is 15.4. The predicted molar refractivity (Wildman–Crippen MR) is 108 cm³/mol. The number of amides is 3. The van der Waals surface area contributed by atoms with Crippen LogP contribution in [-0.4, -0.2) is 57.9 Å². The van der Waals surface area contributed by atoms with E-state index in [0.29, 0.717) is 31.3 Å². The predicted octanol–water partition coefficient (Wildman–Crippen LogP) is 3.33. The Balaban J connectivity index is 1.33. The molecule has 0 saturated carbocycles. The summed E-state index contributed by atoms with van der Waals surface area (Å²) in [5.74, 6) is -0.893. The Hall–Kier alpha value is -3.33. The van der Waals surface area contributed by atoms with E-state index in [1.165, 1.54) is 23.5 Å². The third-order valence-corrected chi connectivity index (χ3v) is 5.39. The first kappa shape index (κ1) is 19.0. The highest BCUT2D eigenvalue weighted by Gasteiger charge is 2.26. The molecule has 1 aromatic carbocycles.